The lowest BCUT2D eigenvalue weighted by atomic mass is 9.59. The lowest BCUT2D eigenvalue weighted by molar-refractivity contribution is -0.140. The van der Waals surface area contributed by atoms with Crippen LogP contribution in [0.3, 0.4) is 0 Å². The highest BCUT2D eigenvalue weighted by molar-refractivity contribution is 5.94. The molecule has 0 spiro atoms. The van der Waals surface area contributed by atoms with Crippen LogP contribution in [0.15, 0.2) is 11.6 Å². The lowest BCUT2D eigenvalue weighted by Crippen LogP contribution is -2.51. The summed E-state index contributed by atoms with van der Waals surface area (Å²) in [5.41, 5.74) is -0.458. The van der Waals surface area contributed by atoms with Gasteiger partial charge in [0.25, 0.3) is 0 Å². The Morgan fingerprint density at radius 1 is 1.44 bits per heavy atom. The van der Waals surface area contributed by atoms with E-state index in [0.717, 1.165) is 12.8 Å². The molecule has 4 atom stereocenters. The molecule has 0 aromatic rings. The molecule has 3 rings (SSSR count). The van der Waals surface area contributed by atoms with Crippen LogP contribution in [0.4, 0.5) is 0 Å². The molecule has 0 bridgehead atoms. The fraction of sp³-hybridized carbons (Fsp3) is 0.769. The number of esters is 1. The highest BCUT2D eigenvalue weighted by Crippen LogP contribution is 2.59. The van der Waals surface area contributed by atoms with Gasteiger partial charge in [-0.1, -0.05) is 26.8 Å². The molecule has 3 heteroatoms. The molecule has 0 radical (unpaired) electrons. The summed E-state index contributed by atoms with van der Waals surface area (Å²) in [6.45, 7) is 6.48. The summed E-state index contributed by atoms with van der Waals surface area (Å²) in [5.74, 6) is 0.142. The second-order valence-electron chi connectivity index (χ2n) is 6.04. The number of aliphatic hydroxyl groups is 1. The maximum atomic E-state index is 11.7. The van der Waals surface area contributed by atoms with Crippen molar-refractivity contribution in [2.75, 3.05) is 0 Å². The van der Waals surface area contributed by atoms with Crippen molar-refractivity contribution in [1.29, 1.82) is 0 Å². The van der Waals surface area contributed by atoms with Crippen LogP contribution in [0.2, 0.25) is 0 Å². The lowest BCUT2D eigenvalue weighted by Gasteiger charge is -2.46. The Balaban J connectivity index is 2.20. The summed E-state index contributed by atoms with van der Waals surface area (Å²) < 4.78 is 5.29. The first kappa shape index (κ1) is 10.3. The van der Waals surface area contributed by atoms with Crippen molar-refractivity contribution in [3.05, 3.63) is 11.6 Å². The molecular formula is C13H18O3. The van der Waals surface area contributed by atoms with Crippen molar-refractivity contribution < 1.29 is 14.6 Å². The summed E-state index contributed by atoms with van der Waals surface area (Å²) in [4.78, 5) is 11.7. The van der Waals surface area contributed by atoms with Crippen molar-refractivity contribution in [2.24, 2.45) is 17.3 Å². The molecule has 0 aromatic carbocycles. The number of ether oxygens (including phenoxy) is 1. The van der Waals surface area contributed by atoms with Gasteiger partial charge in [0, 0.05) is 5.92 Å². The molecule has 3 aliphatic rings. The fourth-order valence-corrected chi connectivity index (χ4v) is 3.77. The average molecular weight is 222 g/mol. The Morgan fingerprint density at radius 2 is 2.12 bits per heavy atom. The first-order chi connectivity index (χ1) is 7.38. The van der Waals surface area contributed by atoms with Gasteiger partial charge in [0.15, 0.2) is 0 Å². The number of carbonyl (C=O) groups excluding carboxylic acids is 1. The van der Waals surface area contributed by atoms with E-state index < -0.39 is 5.60 Å². The summed E-state index contributed by atoms with van der Waals surface area (Å²) in [7, 11) is 0. The Kier molecular flexibility index (Phi) is 1.74. The predicted octanol–water partition coefficient (Wildman–Crippen LogP) is 1.66. The molecule has 1 saturated carbocycles. The molecule has 88 valence electrons. The fourth-order valence-electron chi connectivity index (χ4n) is 3.77. The van der Waals surface area contributed by atoms with E-state index in [4.69, 9.17) is 4.74 Å². The Labute approximate surface area is 95.5 Å². The summed E-state index contributed by atoms with van der Waals surface area (Å²) >= 11 is 0. The third-order valence-corrected chi connectivity index (χ3v) is 5.13. The highest BCUT2D eigenvalue weighted by atomic mass is 16.6. The molecule has 3 nitrogen and oxygen atoms in total. The predicted molar refractivity (Wildman–Crippen MR) is 58.6 cm³/mol. The minimum Gasteiger partial charge on any atom is -0.455 e. The third-order valence-electron chi connectivity index (χ3n) is 5.13. The van der Waals surface area contributed by atoms with Crippen molar-refractivity contribution in [2.45, 2.75) is 45.3 Å². The van der Waals surface area contributed by atoms with Gasteiger partial charge in [-0.2, -0.15) is 0 Å². The minimum atomic E-state index is -1.01. The molecule has 1 heterocycles. The van der Waals surface area contributed by atoms with Gasteiger partial charge >= 0.3 is 5.97 Å². The molecule has 0 amide bonds. The highest BCUT2D eigenvalue weighted by Gasteiger charge is 2.66. The summed E-state index contributed by atoms with van der Waals surface area (Å²) in [6, 6.07) is 0. The van der Waals surface area contributed by atoms with Gasteiger partial charge in [0.2, 0.25) is 0 Å². The zero-order valence-electron chi connectivity index (χ0n) is 9.99. The number of hydrogen-bond acceptors (Lipinski definition) is 3. The molecular weight excluding hydrogens is 204 g/mol. The second kappa shape index (κ2) is 2.70. The van der Waals surface area contributed by atoms with Gasteiger partial charge in [0.05, 0.1) is 5.57 Å². The molecule has 2 aliphatic carbocycles. The van der Waals surface area contributed by atoms with Crippen LogP contribution >= 0.6 is 0 Å². The zero-order chi connectivity index (χ0) is 11.7. The standard InChI is InChI=1S/C13H18O3/c1-7-6-8-11(14)16-10-5-4-9(12(7,2)3)13(8,10)15/h6-7,9-10,15H,4-5H2,1-3H3/t7-,9+,10+,13+/m0/s1. The van der Waals surface area contributed by atoms with E-state index in [9.17, 15) is 9.90 Å². The average Bonchev–Trinajstić information content (AvgIpc) is 2.62. The van der Waals surface area contributed by atoms with Gasteiger partial charge in [-0.25, -0.2) is 4.79 Å². The zero-order valence-corrected chi connectivity index (χ0v) is 9.99. The topological polar surface area (TPSA) is 46.5 Å². The molecule has 0 unspecified atom stereocenters. The van der Waals surface area contributed by atoms with E-state index in [2.05, 4.69) is 20.8 Å². The number of allylic oxidation sites excluding steroid dienone is 1. The van der Waals surface area contributed by atoms with E-state index in [0.29, 0.717) is 11.5 Å². The van der Waals surface area contributed by atoms with Gasteiger partial charge in [0.1, 0.15) is 11.7 Å². The van der Waals surface area contributed by atoms with Crippen LogP contribution in [-0.2, 0) is 9.53 Å². The first-order valence-corrected chi connectivity index (χ1v) is 6.04. The quantitative estimate of drug-likeness (QED) is 0.634. The SMILES string of the molecule is C[C@H]1C=C2C(=O)O[C@@H]3CC[C@H](C1(C)C)[C@]23O. The van der Waals surface area contributed by atoms with E-state index in [1.54, 1.807) is 0 Å². The monoisotopic (exact) mass is 222 g/mol. The van der Waals surface area contributed by atoms with E-state index in [1.165, 1.54) is 0 Å². The number of carbonyl (C=O) groups is 1. The largest absolute Gasteiger partial charge is 0.455 e. The normalized spacial score (nSPS) is 48.6. The van der Waals surface area contributed by atoms with Crippen molar-refractivity contribution in [3.63, 3.8) is 0 Å². The van der Waals surface area contributed by atoms with Crippen LogP contribution in [0.25, 0.3) is 0 Å². The summed E-state index contributed by atoms with van der Waals surface area (Å²) in [6.07, 6.45) is 3.36. The van der Waals surface area contributed by atoms with Crippen LogP contribution in [0.1, 0.15) is 33.6 Å². The van der Waals surface area contributed by atoms with Crippen LogP contribution < -0.4 is 0 Å². The third kappa shape index (κ3) is 0.915. The van der Waals surface area contributed by atoms with Gasteiger partial charge < -0.3 is 9.84 Å². The van der Waals surface area contributed by atoms with Crippen LogP contribution in [0, 0.1) is 17.3 Å². The molecule has 2 fully saturated rings. The number of rotatable bonds is 0. The Bertz CT molecular complexity index is 396. The van der Waals surface area contributed by atoms with Crippen molar-refractivity contribution in [1.82, 2.24) is 0 Å². The second-order valence-corrected chi connectivity index (χ2v) is 6.04. The molecule has 1 N–H and O–H groups in total. The van der Waals surface area contributed by atoms with E-state index in [1.807, 2.05) is 6.08 Å². The minimum absolute atomic E-state index is 0.0288. The molecule has 0 aromatic heterocycles. The Morgan fingerprint density at radius 3 is 2.81 bits per heavy atom. The smallest absolute Gasteiger partial charge is 0.337 e. The molecule has 16 heavy (non-hydrogen) atoms. The van der Waals surface area contributed by atoms with Crippen LogP contribution in [0.5, 0.6) is 0 Å². The van der Waals surface area contributed by atoms with E-state index >= 15 is 0 Å². The maximum absolute atomic E-state index is 11.7. The molecule has 1 saturated heterocycles. The van der Waals surface area contributed by atoms with Gasteiger partial charge in [-0.3, -0.25) is 0 Å². The van der Waals surface area contributed by atoms with Crippen molar-refractivity contribution in [3.8, 4) is 0 Å². The maximum Gasteiger partial charge on any atom is 0.337 e. The molecule has 1 aliphatic heterocycles. The van der Waals surface area contributed by atoms with Crippen LogP contribution in [-0.4, -0.2) is 22.8 Å². The summed E-state index contributed by atoms with van der Waals surface area (Å²) in [5, 5.41) is 10.8. The van der Waals surface area contributed by atoms with E-state index in [-0.39, 0.29) is 23.4 Å². The van der Waals surface area contributed by atoms with Crippen molar-refractivity contribution >= 4 is 5.97 Å². The van der Waals surface area contributed by atoms with Gasteiger partial charge in [-0.15, -0.1) is 0 Å². The van der Waals surface area contributed by atoms with Gasteiger partial charge in [-0.05, 0) is 24.2 Å². The Hall–Kier alpha value is -0.830. The first-order valence-electron chi connectivity index (χ1n) is 6.04. The number of hydrogen-bond donors (Lipinski definition) is 1.